The normalized spacial score (nSPS) is 12.7. The number of hydrogen-bond donors (Lipinski definition) is 2. The van der Waals surface area contributed by atoms with E-state index < -0.39 is 0 Å². The zero-order valence-corrected chi connectivity index (χ0v) is 15.8. The van der Waals surface area contributed by atoms with Gasteiger partial charge in [-0.15, -0.1) is 0 Å². The summed E-state index contributed by atoms with van der Waals surface area (Å²) in [7, 11) is 1.94. The molecule has 0 fully saturated rings. The van der Waals surface area contributed by atoms with Crippen molar-refractivity contribution in [3.63, 3.8) is 0 Å². The Balaban J connectivity index is 2.36. The number of hydrazine groups is 1. The lowest BCUT2D eigenvalue weighted by Crippen LogP contribution is -2.30. The van der Waals surface area contributed by atoms with E-state index in [9.17, 15) is 0 Å². The fourth-order valence-corrected chi connectivity index (χ4v) is 3.70. The summed E-state index contributed by atoms with van der Waals surface area (Å²) in [6.07, 6.45) is 1.57. The fourth-order valence-electron chi connectivity index (χ4n) is 2.28. The molecule has 114 valence electrons. The van der Waals surface area contributed by atoms with Gasteiger partial charge in [-0.3, -0.25) is 16.0 Å². The minimum atomic E-state index is -0.0913. The second kappa shape index (κ2) is 7.24. The molecule has 1 heterocycles. The van der Waals surface area contributed by atoms with E-state index in [0.29, 0.717) is 11.4 Å². The number of nitrogens with two attached hydrogens (primary N) is 1. The van der Waals surface area contributed by atoms with Crippen molar-refractivity contribution in [3.8, 4) is 0 Å². The average molecular weight is 437 g/mol. The standard InChI is InChI=1S/C14H17Br2ClN4/c1-3-10-13(16)12(21(2)20-10)7-11(19-18)8-5-4-6-9(15)14(8)17/h4-6,11,19H,3,7,18H2,1-2H3. The first-order chi connectivity index (χ1) is 9.99. The molecule has 0 amide bonds. The van der Waals surface area contributed by atoms with Gasteiger partial charge in [0.2, 0.25) is 0 Å². The predicted octanol–water partition coefficient (Wildman–Crippen LogP) is 3.91. The molecule has 0 spiro atoms. The van der Waals surface area contributed by atoms with Crippen molar-refractivity contribution in [2.24, 2.45) is 12.9 Å². The van der Waals surface area contributed by atoms with Crippen LogP contribution < -0.4 is 11.3 Å². The van der Waals surface area contributed by atoms with E-state index in [1.54, 1.807) is 0 Å². The van der Waals surface area contributed by atoms with Gasteiger partial charge in [0, 0.05) is 17.9 Å². The Hall–Kier alpha value is -0.400. The lowest BCUT2D eigenvalue weighted by atomic mass is 10.0. The van der Waals surface area contributed by atoms with Crippen molar-refractivity contribution in [1.29, 1.82) is 0 Å². The van der Waals surface area contributed by atoms with E-state index in [1.165, 1.54) is 0 Å². The van der Waals surface area contributed by atoms with E-state index >= 15 is 0 Å². The van der Waals surface area contributed by atoms with Crippen LogP contribution in [0, 0.1) is 0 Å². The summed E-state index contributed by atoms with van der Waals surface area (Å²) in [5.74, 6) is 5.74. The second-order valence-corrected chi connectivity index (χ2v) is 6.78. The van der Waals surface area contributed by atoms with Crippen LogP contribution in [0.25, 0.3) is 0 Å². The van der Waals surface area contributed by atoms with Gasteiger partial charge in [-0.1, -0.05) is 30.7 Å². The maximum absolute atomic E-state index is 6.37. The molecule has 0 saturated heterocycles. The summed E-state index contributed by atoms with van der Waals surface area (Å²) in [4.78, 5) is 0. The van der Waals surface area contributed by atoms with E-state index in [-0.39, 0.29) is 6.04 Å². The van der Waals surface area contributed by atoms with Gasteiger partial charge in [0.1, 0.15) is 0 Å². The summed E-state index contributed by atoms with van der Waals surface area (Å²) in [6, 6.07) is 5.74. The second-order valence-electron chi connectivity index (χ2n) is 4.75. The van der Waals surface area contributed by atoms with E-state index in [0.717, 1.165) is 32.3 Å². The average Bonchev–Trinajstić information content (AvgIpc) is 2.74. The quantitative estimate of drug-likeness (QED) is 0.552. The summed E-state index contributed by atoms with van der Waals surface area (Å²) < 4.78 is 3.79. The lowest BCUT2D eigenvalue weighted by molar-refractivity contribution is 0.529. The molecular formula is C14H17Br2ClN4. The highest BCUT2D eigenvalue weighted by Crippen LogP contribution is 2.33. The van der Waals surface area contributed by atoms with Crippen LogP contribution in [0.15, 0.2) is 27.1 Å². The number of rotatable bonds is 5. The van der Waals surface area contributed by atoms with Gasteiger partial charge in [0.15, 0.2) is 0 Å². The molecule has 0 aliphatic carbocycles. The fraction of sp³-hybridized carbons (Fsp3) is 0.357. The molecule has 1 aromatic carbocycles. The third-order valence-electron chi connectivity index (χ3n) is 3.46. The highest BCUT2D eigenvalue weighted by molar-refractivity contribution is 9.10. The maximum Gasteiger partial charge on any atom is 0.0766 e. The minimum Gasteiger partial charge on any atom is -0.271 e. The van der Waals surface area contributed by atoms with Gasteiger partial charge in [-0.25, -0.2) is 0 Å². The molecule has 1 unspecified atom stereocenters. The van der Waals surface area contributed by atoms with Crippen LogP contribution in [0.5, 0.6) is 0 Å². The molecule has 0 radical (unpaired) electrons. The number of nitrogens with zero attached hydrogens (tertiary/aromatic N) is 2. The summed E-state index contributed by atoms with van der Waals surface area (Å²) in [6.45, 7) is 2.08. The molecule has 0 saturated carbocycles. The number of halogens is 3. The predicted molar refractivity (Wildman–Crippen MR) is 93.2 cm³/mol. The highest BCUT2D eigenvalue weighted by atomic mass is 79.9. The zero-order valence-electron chi connectivity index (χ0n) is 11.8. The summed E-state index contributed by atoms with van der Waals surface area (Å²) in [5, 5.41) is 5.18. The summed E-state index contributed by atoms with van der Waals surface area (Å²) >= 11 is 13.4. The van der Waals surface area contributed by atoms with Gasteiger partial charge in [-0.05, 0) is 49.9 Å². The summed E-state index contributed by atoms with van der Waals surface area (Å²) in [5.41, 5.74) is 5.94. The number of hydrogen-bond acceptors (Lipinski definition) is 3. The van der Waals surface area contributed by atoms with Crippen molar-refractivity contribution in [2.75, 3.05) is 0 Å². The smallest absolute Gasteiger partial charge is 0.0766 e. The van der Waals surface area contributed by atoms with Crippen molar-refractivity contribution in [3.05, 3.63) is 49.1 Å². The van der Waals surface area contributed by atoms with Crippen LogP contribution in [0.3, 0.4) is 0 Å². The molecule has 3 N–H and O–H groups in total. The molecule has 0 bridgehead atoms. The zero-order chi connectivity index (χ0) is 15.6. The van der Waals surface area contributed by atoms with Gasteiger partial charge in [0.25, 0.3) is 0 Å². The van der Waals surface area contributed by atoms with Crippen LogP contribution >= 0.6 is 43.5 Å². The first kappa shape index (κ1) is 17.0. The monoisotopic (exact) mass is 434 g/mol. The third-order valence-corrected chi connectivity index (χ3v) is 5.68. The van der Waals surface area contributed by atoms with Crippen molar-refractivity contribution in [1.82, 2.24) is 15.2 Å². The molecule has 21 heavy (non-hydrogen) atoms. The Labute approximate surface area is 146 Å². The third kappa shape index (κ3) is 3.51. The van der Waals surface area contributed by atoms with Gasteiger partial charge < -0.3 is 0 Å². The molecule has 1 aromatic heterocycles. The molecule has 2 rings (SSSR count). The van der Waals surface area contributed by atoms with Gasteiger partial charge in [0.05, 0.1) is 26.9 Å². The van der Waals surface area contributed by atoms with E-state index in [4.69, 9.17) is 17.4 Å². The Morgan fingerprint density at radius 2 is 2.14 bits per heavy atom. The van der Waals surface area contributed by atoms with Crippen molar-refractivity contribution in [2.45, 2.75) is 25.8 Å². The van der Waals surface area contributed by atoms with E-state index in [1.807, 2.05) is 29.9 Å². The number of nitrogens with one attached hydrogen (secondary N) is 1. The van der Waals surface area contributed by atoms with Crippen LogP contribution in [-0.4, -0.2) is 9.78 Å². The number of benzene rings is 1. The van der Waals surface area contributed by atoms with Crippen LogP contribution in [0.2, 0.25) is 5.02 Å². The molecule has 2 aromatic rings. The van der Waals surface area contributed by atoms with Crippen LogP contribution in [0.4, 0.5) is 0 Å². The van der Waals surface area contributed by atoms with Crippen molar-refractivity contribution < 1.29 is 0 Å². The number of aryl methyl sites for hydroxylation is 2. The molecule has 0 aliphatic heterocycles. The molecule has 0 aliphatic rings. The van der Waals surface area contributed by atoms with Gasteiger partial charge >= 0.3 is 0 Å². The topological polar surface area (TPSA) is 55.9 Å². The van der Waals surface area contributed by atoms with Crippen LogP contribution in [-0.2, 0) is 19.9 Å². The Bertz CT molecular complexity index is 642. The Morgan fingerprint density at radius 3 is 2.71 bits per heavy atom. The largest absolute Gasteiger partial charge is 0.271 e. The Kier molecular flexibility index (Phi) is 5.85. The maximum atomic E-state index is 6.37. The van der Waals surface area contributed by atoms with Gasteiger partial charge in [-0.2, -0.15) is 5.10 Å². The Morgan fingerprint density at radius 1 is 1.43 bits per heavy atom. The molecule has 7 heteroatoms. The molecular weight excluding hydrogens is 419 g/mol. The van der Waals surface area contributed by atoms with E-state index in [2.05, 4.69) is 49.3 Å². The molecule has 1 atom stereocenters. The minimum absolute atomic E-state index is 0.0913. The number of aromatic nitrogens is 2. The first-order valence-electron chi connectivity index (χ1n) is 6.59. The van der Waals surface area contributed by atoms with Crippen molar-refractivity contribution >= 4 is 43.5 Å². The molecule has 4 nitrogen and oxygen atoms in total. The van der Waals surface area contributed by atoms with Crippen LogP contribution in [0.1, 0.15) is 29.9 Å². The SMILES string of the molecule is CCc1nn(C)c(CC(NN)c2cccc(Br)c2Cl)c1Br. The lowest BCUT2D eigenvalue weighted by Gasteiger charge is -2.18. The first-order valence-corrected chi connectivity index (χ1v) is 8.56. The highest BCUT2D eigenvalue weighted by Gasteiger charge is 2.20.